The number of carboxylic acid groups (broad SMARTS) is 1. The molecule has 0 saturated carbocycles. The highest BCUT2D eigenvalue weighted by atomic mass is 35.5. The summed E-state index contributed by atoms with van der Waals surface area (Å²) in [6, 6.07) is 5.83. The van der Waals surface area contributed by atoms with Crippen molar-refractivity contribution >= 4 is 35.0 Å². The van der Waals surface area contributed by atoms with Gasteiger partial charge in [-0.25, -0.2) is 0 Å². The van der Waals surface area contributed by atoms with Crippen molar-refractivity contribution in [2.24, 2.45) is 0 Å². The first-order chi connectivity index (χ1) is 7.58. The van der Waals surface area contributed by atoms with Gasteiger partial charge in [0.05, 0.1) is 5.69 Å². The van der Waals surface area contributed by atoms with Gasteiger partial charge in [0.25, 0.3) is 0 Å². The third-order valence-electron chi connectivity index (χ3n) is 2.55. The molecule has 0 aromatic heterocycles. The van der Waals surface area contributed by atoms with Gasteiger partial charge in [0.2, 0.25) is 0 Å². The van der Waals surface area contributed by atoms with Crippen molar-refractivity contribution in [1.82, 2.24) is 0 Å². The molecule has 86 valence electrons. The third-order valence-corrected chi connectivity index (χ3v) is 4.09. The summed E-state index contributed by atoms with van der Waals surface area (Å²) in [4.78, 5) is 13.8. The molecule has 1 aromatic carbocycles. The Kier molecular flexibility index (Phi) is 3.30. The van der Waals surface area contributed by atoms with E-state index in [1.807, 2.05) is 30.0 Å². The standard InChI is InChI=1S/C11H12ClNO2S/c1-7-6-16-10-3-2-8(12)4-9(10)13(7)5-11(14)15/h2-4,7H,5-6H2,1H3,(H,14,15). The minimum absolute atomic E-state index is 0.0229. The smallest absolute Gasteiger partial charge is 0.323 e. The summed E-state index contributed by atoms with van der Waals surface area (Å²) >= 11 is 7.69. The highest BCUT2D eigenvalue weighted by Gasteiger charge is 2.25. The second-order valence-electron chi connectivity index (χ2n) is 3.79. The van der Waals surface area contributed by atoms with Crippen molar-refractivity contribution in [2.45, 2.75) is 17.9 Å². The molecule has 1 unspecified atom stereocenters. The number of halogens is 1. The van der Waals surface area contributed by atoms with Crippen LogP contribution >= 0.6 is 23.4 Å². The number of carbonyl (C=O) groups is 1. The third kappa shape index (κ3) is 2.28. The van der Waals surface area contributed by atoms with E-state index in [0.717, 1.165) is 16.3 Å². The molecule has 0 bridgehead atoms. The summed E-state index contributed by atoms with van der Waals surface area (Å²) in [6.45, 7) is 2.05. The van der Waals surface area contributed by atoms with Crippen LogP contribution in [0.15, 0.2) is 23.1 Å². The Bertz CT molecular complexity index is 424. The Balaban J connectivity index is 2.38. The largest absolute Gasteiger partial charge is 0.480 e. The van der Waals surface area contributed by atoms with Crippen molar-refractivity contribution in [3.63, 3.8) is 0 Å². The molecule has 0 aliphatic carbocycles. The Morgan fingerprint density at radius 1 is 1.69 bits per heavy atom. The first-order valence-corrected chi connectivity index (χ1v) is 6.35. The second kappa shape index (κ2) is 4.55. The van der Waals surface area contributed by atoms with E-state index in [1.165, 1.54) is 0 Å². The monoisotopic (exact) mass is 257 g/mol. The van der Waals surface area contributed by atoms with Crippen LogP contribution < -0.4 is 4.90 Å². The van der Waals surface area contributed by atoms with Crippen LogP contribution in [0.5, 0.6) is 0 Å². The highest BCUT2D eigenvalue weighted by Crippen LogP contribution is 2.38. The summed E-state index contributed by atoms with van der Waals surface area (Å²) in [6.07, 6.45) is 0. The van der Waals surface area contributed by atoms with Gasteiger partial charge in [-0.1, -0.05) is 11.6 Å². The normalized spacial score (nSPS) is 19.4. The zero-order valence-corrected chi connectivity index (χ0v) is 10.4. The number of hydrogen-bond acceptors (Lipinski definition) is 3. The van der Waals surface area contributed by atoms with Gasteiger partial charge in [0.1, 0.15) is 6.54 Å². The van der Waals surface area contributed by atoms with Crippen LogP contribution in [0.2, 0.25) is 5.02 Å². The average Bonchev–Trinajstić information content (AvgIpc) is 2.22. The summed E-state index contributed by atoms with van der Waals surface area (Å²) in [5.74, 6) is 0.0896. The van der Waals surface area contributed by atoms with Gasteiger partial charge in [-0.05, 0) is 25.1 Å². The van der Waals surface area contributed by atoms with E-state index in [0.29, 0.717) is 5.02 Å². The van der Waals surface area contributed by atoms with Gasteiger partial charge in [-0.15, -0.1) is 11.8 Å². The lowest BCUT2D eigenvalue weighted by atomic mass is 10.2. The number of rotatable bonds is 2. The lowest BCUT2D eigenvalue weighted by Crippen LogP contribution is -2.41. The van der Waals surface area contributed by atoms with E-state index < -0.39 is 5.97 Å². The zero-order chi connectivity index (χ0) is 11.7. The van der Waals surface area contributed by atoms with Crippen LogP contribution in [0.1, 0.15) is 6.92 Å². The molecule has 0 fully saturated rings. The fraction of sp³-hybridized carbons (Fsp3) is 0.364. The molecule has 0 amide bonds. The number of carboxylic acids is 1. The van der Waals surface area contributed by atoms with Crippen LogP contribution in [0.3, 0.4) is 0 Å². The number of anilines is 1. The summed E-state index contributed by atoms with van der Waals surface area (Å²) in [5, 5.41) is 9.54. The molecule has 2 rings (SSSR count). The molecule has 1 N–H and O–H groups in total. The SMILES string of the molecule is CC1CSc2ccc(Cl)cc2N1CC(=O)O. The maximum absolute atomic E-state index is 10.8. The summed E-state index contributed by atoms with van der Waals surface area (Å²) in [5.41, 5.74) is 0.929. The molecule has 16 heavy (non-hydrogen) atoms. The number of thioether (sulfide) groups is 1. The molecule has 0 saturated heterocycles. The van der Waals surface area contributed by atoms with Crippen molar-refractivity contribution in [2.75, 3.05) is 17.2 Å². The molecule has 1 aliphatic rings. The molecular formula is C11H12ClNO2S. The number of aliphatic carboxylic acids is 1. The van der Waals surface area contributed by atoms with Crippen LogP contribution in [0, 0.1) is 0 Å². The van der Waals surface area contributed by atoms with Crippen molar-refractivity contribution < 1.29 is 9.90 Å². The topological polar surface area (TPSA) is 40.5 Å². The van der Waals surface area contributed by atoms with Gasteiger partial charge in [0.15, 0.2) is 0 Å². The maximum atomic E-state index is 10.8. The van der Waals surface area contributed by atoms with Crippen molar-refractivity contribution in [3.05, 3.63) is 23.2 Å². The first kappa shape index (κ1) is 11.6. The Morgan fingerprint density at radius 2 is 2.44 bits per heavy atom. The van der Waals surface area contributed by atoms with Gasteiger partial charge in [-0.3, -0.25) is 4.79 Å². The van der Waals surface area contributed by atoms with Gasteiger partial charge < -0.3 is 10.0 Å². The second-order valence-corrected chi connectivity index (χ2v) is 5.29. The fourth-order valence-corrected chi connectivity index (χ4v) is 3.02. The van der Waals surface area contributed by atoms with Crippen LogP contribution in [-0.2, 0) is 4.79 Å². The van der Waals surface area contributed by atoms with Gasteiger partial charge in [-0.2, -0.15) is 0 Å². The number of hydrogen-bond donors (Lipinski definition) is 1. The van der Waals surface area contributed by atoms with Crippen molar-refractivity contribution in [1.29, 1.82) is 0 Å². The van der Waals surface area contributed by atoms with E-state index in [1.54, 1.807) is 11.8 Å². The average molecular weight is 258 g/mol. The lowest BCUT2D eigenvalue weighted by molar-refractivity contribution is -0.135. The zero-order valence-electron chi connectivity index (χ0n) is 8.81. The molecule has 0 spiro atoms. The molecule has 1 heterocycles. The van der Waals surface area contributed by atoms with Gasteiger partial charge >= 0.3 is 5.97 Å². The minimum atomic E-state index is -0.815. The lowest BCUT2D eigenvalue weighted by Gasteiger charge is -2.35. The van der Waals surface area contributed by atoms with Crippen LogP contribution in [0.4, 0.5) is 5.69 Å². The molecule has 1 atom stereocenters. The van der Waals surface area contributed by atoms with Crippen molar-refractivity contribution in [3.8, 4) is 0 Å². The molecule has 5 heteroatoms. The van der Waals surface area contributed by atoms with E-state index in [4.69, 9.17) is 16.7 Å². The quantitative estimate of drug-likeness (QED) is 0.885. The predicted molar refractivity (Wildman–Crippen MR) is 66.6 cm³/mol. The molecule has 3 nitrogen and oxygen atoms in total. The predicted octanol–water partition coefficient (Wildman–Crippen LogP) is 2.73. The molecule has 0 radical (unpaired) electrons. The highest BCUT2D eigenvalue weighted by molar-refractivity contribution is 7.99. The first-order valence-electron chi connectivity index (χ1n) is 4.98. The number of fused-ring (bicyclic) bond motifs is 1. The summed E-state index contributed by atoms with van der Waals surface area (Å²) in [7, 11) is 0. The van der Waals surface area contributed by atoms with Gasteiger partial charge in [0, 0.05) is 21.7 Å². The number of nitrogens with zero attached hydrogens (tertiary/aromatic N) is 1. The fourth-order valence-electron chi connectivity index (χ4n) is 1.76. The van der Waals surface area contributed by atoms with E-state index in [9.17, 15) is 4.79 Å². The summed E-state index contributed by atoms with van der Waals surface area (Å²) < 4.78 is 0. The maximum Gasteiger partial charge on any atom is 0.323 e. The van der Waals surface area contributed by atoms with Crippen LogP contribution in [-0.4, -0.2) is 29.4 Å². The molecule has 1 aliphatic heterocycles. The molecule has 1 aromatic rings. The van der Waals surface area contributed by atoms with Crippen LogP contribution in [0.25, 0.3) is 0 Å². The number of benzene rings is 1. The van der Waals surface area contributed by atoms with E-state index in [2.05, 4.69) is 0 Å². The minimum Gasteiger partial charge on any atom is -0.480 e. The Morgan fingerprint density at radius 3 is 3.12 bits per heavy atom. The Labute approximate surface area is 103 Å². The molecular weight excluding hydrogens is 246 g/mol. The van der Waals surface area contributed by atoms with E-state index >= 15 is 0 Å². The Hall–Kier alpha value is -0.870. The van der Waals surface area contributed by atoms with E-state index in [-0.39, 0.29) is 12.6 Å².